The zero-order valence-corrected chi connectivity index (χ0v) is 16.4. The lowest BCUT2D eigenvalue weighted by molar-refractivity contribution is -0.116. The van der Waals surface area contributed by atoms with Crippen LogP contribution < -0.4 is 5.32 Å². The second-order valence-electron chi connectivity index (χ2n) is 7.04. The Bertz CT molecular complexity index is 376. The van der Waals surface area contributed by atoms with E-state index in [0.717, 1.165) is 30.9 Å². The first-order valence-corrected chi connectivity index (χ1v) is 11.5. The van der Waals surface area contributed by atoms with Gasteiger partial charge in [0, 0.05) is 28.9 Å². The van der Waals surface area contributed by atoms with Gasteiger partial charge >= 0.3 is 0 Å². The fraction of sp³-hybridized carbons (Fsp3) is 0.850. The molecule has 1 rings (SSSR count). The summed E-state index contributed by atoms with van der Waals surface area (Å²) >= 11 is 0. The molecular weight excluding hydrogens is 318 g/mol. The van der Waals surface area contributed by atoms with Gasteiger partial charge in [-0.05, 0) is 31.3 Å². The van der Waals surface area contributed by atoms with Gasteiger partial charge in [0.05, 0.1) is 0 Å². The summed E-state index contributed by atoms with van der Waals surface area (Å²) in [6, 6.07) is 0. The summed E-state index contributed by atoms with van der Waals surface area (Å²) in [5.41, 5.74) is 0. The number of carbonyl (C=O) groups excluding carboxylic acids is 1. The minimum Gasteiger partial charge on any atom is -0.352 e. The van der Waals surface area contributed by atoms with Gasteiger partial charge in [-0.3, -0.25) is 9.00 Å². The topological polar surface area (TPSA) is 46.2 Å². The number of allylic oxidation sites excluding steroid dienone is 1. The molecule has 1 atom stereocenters. The quantitative estimate of drug-likeness (QED) is 0.383. The van der Waals surface area contributed by atoms with E-state index in [4.69, 9.17) is 0 Å². The normalized spacial score (nSPS) is 17.2. The largest absolute Gasteiger partial charge is 0.352 e. The minimum atomic E-state index is -0.789. The third-order valence-electron chi connectivity index (χ3n) is 4.85. The van der Waals surface area contributed by atoms with Crippen molar-refractivity contribution in [3.8, 4) is 0 Å². The zero-order chi connectivity index (χ0) is 17.5. The van der Waals surface area contributed by atoms with Gasteiger partial charge in [0.15, 0.2) is 0 Å². The third-order valence-corrected chi connectivity index (χ3v) is 6.20. The van der Waals surface area contributed by atoms with E-state index in [2.05, 4.69) is 12.2 Å². The first-order chi connectivity index (χ1) is 11.7. The summed E-state index contributed by atoms with van der Waals surface area (Å²) < 4.78 is 12.0. The Morgan fingerprint density at radius 1 is 1.08 bits per heavy atom. The maximum absolute atomic E-state index is 12.0. The average molecular weight is 356 g/mol. The second kappa shape index (κ2) is 14.7. The Kier molecular flexibility index (Phi) is 13.1. The Balaban J connectivity index is 1.96. The summed E-state index contributed by atoms with van der Waals surface area (Å²) in [4.78, 5) is 11.7. The first kappa shape index (κ1) is 21.4. The highest BCUT2D eigenvalue weighted by atomic mass is 32.2. The van der Waals surface area contributed by atoms with Gasteiger partial charge in [0.25, 0.3) is 0 Å². The van der Waals surface area contributed by atoms with Crippen molar-refractivity contribution in [1.82, 2.24) is 5.32 Å². The van der Waals surface area contributed by atoms with Crippen molar-refractivity contribution in [2.45, 2.75) is 84.0 Å². The van der Waals surface area contributed by atoms with Crippen molar-refractivity contribution in [2.24, 2.45) is 5.92 Å². The van der Waals surface area contributed by atoms with Crippen LogP contribution in [0.2, 0.25) is 0 Å². The van der Waals surface area contributed by atoms with Crippen LogP contribution in [0.1, 0.15) is 84.0 Å². The molecular formula is C20H37NO2S. The van der Waals surface area contributed by atoms with Gasteiger partial charge in [-0.15, -0.1) is 0 Å². The summed E-state index contributed by atoms with van der Waals surface area (Å²) in [5, 5.41) is 2.84. The van der Waals surface area contributed by atoms with E-state index in [1.165, 1.54) is 57.8 Å². The molecule has 1 aliphatic carbocycles. The summed E-state index contributed by atoms with van der Waals surface area (Å²) in [5.74, 6) is 2.13. The van der Waals surface area contributed by atoms with Crippen molar-refractivity contribution >= 4 is 16.7 Å². The highest BCUT2D eigenvalue weighted by Gasteiger charge is 2.14. The molecule has 0 aromatic carbocycles. The maximum atomic E-state index is 12.0. The fourth-order valence-electron chi connectivity index (χ4n) is 3.28. The van der Waals surface area contributed by atoms with Gasteiger partial charge in [0.2, 0.25) is 5.91 Å². The monoisotopic (exact) mass is 355 g/mol. The van der Waals surface area contributed by atoms with Gasteiger partial charge in [-0.1, -0.05) is 70.8 Å². The Labute approximate surface area is 151 Å². The molecule has 3 nitrogen and oxygen atoms in total. The number of nitrogens with one attached hydrogen (secondary N) is 1. The van der Waals surface area contributed by atoms with Crippen LogP contribution in [0.25, 0.3) is 0 Å². The highest BCUT2D eigenvalue weighted by molar-refractivity contribution is 7.84. The molecule has 0 bridgehead atoms. The van der Waals surface area contributed by atoms with Crippen LogP contribution in [0.3, 0.4) is 0 Å². The average Bonchev–Trinajstić information content (AvgIpc) is 2.60. The Morgan fingerprint density at radius 2 is 1.83 bits per heavy atom. The van der Waals surface area contributed by atoms with E-state index in [1.807, 2.05) is 6.08 Å². The van der Waals surface area contributed by atoms with Crippen molar-refractivity contribution in [2.75, 3.05) is 18.1 Å². The molecule has 0 aliphatic heterocycles. The smallest absolute Gasteiger partial charge is 0.243 e. The Morgan fingerprint density at radius 3 is 2.58 bits per heavy atom. The molecule has 140 valence electrons. The SMILES string of the molecule is CCCCCCCC=CC(=O)NCCS(=O)CCC1CCCCC1. The molecule has 0 aromatic rings. The molecule has 0 spiro atoms. The molecule has 24 heavy (non-hydrogen) atoms. The lowest BCUT2D eigenvalue weighted by Crippen LogP contribution is -2.26. The molecule has 1 aliphatic rings. The van der Waals surface area contributed by atoms with Gasteiger partial charge in [-0.2, -0.15) is 0 Å². The number of amides is 1. The summed E-state index contributed by atoms with van der Waals surface area (Å²) in [6.45, 7) is 2.74. The van der Waals surface area contributed by atoms with E-state index >= 15 is 0 Å². The number of unbranched alkanes of at least 4 members (excludes halogenated alkanes) is 5. The van der Waals surface area contributed by atoms with Crippen LogP contribution in [0.5, 0.6) is 0 Å². The van der Waals surface area contributed by atoms with Crippen molar-refractivity contribution in [1.29, 1.82) is 0 Å². The second-order valence-corrected chi connectivity index (χ2v) is 8.73. The van der Waals surface area contributed by atoms with Crippen molar-refractivity contribution < 1.29 is 9.00 Å². The van der Waals surface area contributed by atoms with E-state index in [-0.39, 0.29) is 5.91 Å². The van der Waals surface area contributed by atoms with Crippen LogP contribution in [0.15, 0.2) is 12.2 Å². The fourth-order valence-corrected chi connectivity index (χ4v) is 4.41. The van der Waals surface area contributed by atoms with Gasteiger partial charge in [0.1, 0.15) is 0 Å². The molecule has 1 N–H and O–H groups in total. The molecule has 1 unspecified atom stereocenters. The predicted octanol–water partition coefficient (Wildman–Crippen LogP) is 4.74. The minimum absolute atomic E-state index is 0.0483. The number of hydrogen-bond donors (Lipinski definition) is 1. The molecule has 1 amide bonds. The van der Waals surface area contributed by atoms with E-state index in [0.29, 0.717) is 12.3 Å². The van der Waals surface area contributed by atoms with Crippen LogP contribution in [-0.2, 0) is 15.6 Å². The molecule has 4 heteroatoms. The number of hydrogen-bond acceptors (Lipinski definition) is 2. The maximum Gasteiger partial charge on any atom is 0.243 e. The molecule has 0 saturated heterocycles. The van der Waals surface area contributed by atoms with Crippen molar-refractivity contribution in [3.63, 3.8) is 0 Å². The van der Waals surface area contributed by atoms with Crippen LogP contribution >= 0.6 is 0 Å². The first-order valence-electron chi connectivity index (χ1n) is 10.0. The number of carbonyl (C=O) groups is 1. The lowest BCUT2D eigenvalue weighted by Gasteiger charge is -2.20. The lowest BCUT2D eigenvalue weighted by atomic mass is 9.88. The predicted molar refractivity (Wildman–Crippen MR) is 105 cm³/mol. The van der Waals surface area contributed by atoms with Gasteiger partial charge < -0.3 is 5.32 Å². The highest BCUT2D eigenvalue weighted by Crippen LogP contribution is 2.26. The molecule has 1 saturated carbocycles. The summed E-state index contributed by atoms with van der Waals surface area (Å²) in [7, 11) is -0.789. The Hall–Kier alpha value is -0.640. The van der Waals surface area contributed by atoms with Crippen LogP contribution in [0, 0.1) is 5.92 Å². The van der Waals surface area contributed by atoms with Gasteiger partial charge in [-0.25, -0.2) is 0 Å². The van der Waals surface area contributed by atoms with E-state index < -0.39 is 10.8 Å². The number of rotatable bonds is 13. The molecule has 0 heterocycles. The van der Waals surface area contributed by atoms with E-state index in [1.54, 1.807) is 6.08 Å². The third kappa shape index (κ3) is 11.8. The standard InChI is InChI=1S/C20H37NO2S/c1-2-3-4-5-6-7-11-14-20(22)21-16-18-24(23)17-15-19-12-9-8-10-13-19/h11,14,19H,2-10,12-13,15-18H2,1H3,(H,21,22). The molecule has 1 fully saturated rings. The van der Waals surface area contributed by atoms with Crippen LogP contribution in [-0.4, -0.2) is 28.2 Å². The molecule has 0 aromatic heterocycles. The van der Waals surface area contributed by atoms with E-state index in [9.17, 15) is 9.00 Å². The summed E-state index contributed by atoms with van der Waals surface area (Å²) in [6.07, 6.45) is 18.6. The van der Waals surface area contributed by atoms with Crippen molar-refractivity contribution in [3.05, 3.63) is 12.2 Å². The van der Waals surface area contributed by atoms with Crippen LogP contribution in [0.4, 0.5) is 0 Å². The molecule has 0 radical (unpaired) electrons. The zero-order valence-electron chi connectivity index (χ0n) is 15.6.